The maximum Gasteiger partial charge on any atom is 0.323 e. The van der Waals surface area contributed by atoms with Crippen LogP contribution in [0.25, 0.3) is 10.9 Å². The van der Waals surface area contributed by atoms with Gasteiger partial charge in [-0.1, -0.05) is 12.1 Å². The highest BCUT2D eigenvalue weighted by molar-refractivity contribution is 6.04. The van der Waals surface area contributed by atoms with Crippen molar-refractivity contribution >= 4 is 22.8 Å². The van der Waals surface area contributed by atoms with Gasteiger partial charge in [0.15, 0.2) is 0 Å². The summed E-state index contributed by atoms with van der Waals surface area (Å²) in [6.07, 6.45) is 0.769. The Labute approximate surface area is 116 Å². The molecule has 0 spiro atoms. The second kappa shape index (κ2) is 4.37. The number of aromatic nitrogens is 1. The van der Waals surface area contributed by atoms with E-state index in [0.717, 1.165) is 28.5 Å². The molecule has 2 heterocycles. The van der Waals surface area contributed by atoms with Crippen LogP contribution in [-0.4, -0.2) is 40.0 Å². The number of aliphatic carboxylic acids is 1. The smallest absolute Gasteiger partial charge is 0.323 e. The summed E-state index contributed by atoms with van der Waals surface area (Å²) in [5, 5.41) is 10.2. The number of nitrogens with zero attached hydrogens (tertiary/aromatic N) is 2. The van der Waals surface area contributed by atoms with E-state index in [1.807, 2.05) is 25.1 Å². The number of carbonyl (C=O) groups excluding carboxylic acids is 1. The van der Waals surface area contributed by atoms with Crippen LogP contribution in [0.4, 0.5) is 0 Å². The third-order valence-corrected chi connectivity index (χ3v) is 3.94. The lowest BCUT2D eigenvalue weighted by Gasteiger charge is -2.24. The van der Waals surface area contributed by atoms with Crippen molar-refractivity contribution in [2.75, 3.05) is 13.6 Å². The van der Waals surface area contributed by atoms with Crippen molar-refractivity contribution in [3.8, 4) is 0 Å². The van der Waals surface area contributed by atoms with Crippen LogP contribution < -0.4 is 0 Å². The number of fused-ring (bicyclic) bond motifs is 3. The Kier molecular flexibility index (Phi) is 2.78. The molecule has 0 radical (unpaired) electrons. The Morgan fingerprint density at radius 3 is 2.85 bits per heavy atom. The molecule has 1 aliphatic rings. The molecule has 5 heteroatoms. The lowest BCUT2D eigenvalue weighted by molar-refractivity contribution is -0.137. The maximum absolute atomic E-state index is 12.4. The fourth-order valence-electron chi connectivity index (χ4n) is 3.02. The highest BCUT2D eigenvalue weighted by atomic mass is 16.4. The number of hydrogen-bond acceptors (Lipinski definition) is 2. The summed E-state index contributed by atoms with van der Waals surface area (Å²) in [7, 11) is 1.75. The molecule has 0 atom stereocenters. The lowest BCUT2D eigenvalue weighted by atomic mass is 10.0. The normalized spacial score (nSPS) is 14.7. The quantitative estimate of drug-likeness (QED) is 0.904. The van der Waals surface area contributed by atoms with Gasteiger partial charge in [-0.3, -0.25) is 9.59 Å². The lowest BCUT2D eigenvalue weighted by Crippen LogP contribution is -2.35. The Bertz CT molecular complexity index is 730. The van der Waals surface area contributed by atoms with Crippen LogP contribution in [0.15, 0.2) is 18.2 Å². The second-order valence-corrected chi connectivity index (χ2v) is 5.25. The third kappa shape index (κ3) is 1.70. The Hall–Kier alpha value is -2.30. The maximum atomic E-state index is 12.4. The van der Waals surface area contributed by atoms with E-state index in [1.54, 1.807) is 16.5 Å². The number of carbonyl (C=O) groups is 2. The van der Waals surface area contributed by atoms with Crippen LogP contribution in [0, 0.1) is 6.92 Å². The van der Waals surface area contributed by atoms with E-state index >= 15 is 0 Å². The largest absolute Gasteiger partial charge is 0.480 e. The van der Waals surface area contributed by atoms with Gasteiger partial charge in [-0.15, -0.1) is 0 Å². The summed E-state index contributed by atoms with van der Waals surface area (Å²) in [5.74, 6) is -1.03. The van der Waals surface area contributed by atoms with Gasteiger partial charge in [0.05, 0.1) is 0 Å². The first-order valence-corrected chi connectivity index (χ1v) is 6.58. The SMILES string of the molecule is Cc1cccc2c1c1c(n2CC(=O)O)C(=O)N(C)CC1. The van der Waals surface area contributed by atoms with Crippen molar-refractivity contribution in [2.45, 2.75) is 19.9 Å². The molecule has 0 unspecified atom stereocenters. The predicted molar refractivity (Wildman–Crippen MR) is 75.0 cm³/mol. The van der Waals surface area contributed by atoms with Crippen molar-refractivity contribution in [3.05, 3.63) is 35.0 Å². The van der Waals surface area contributed by atoms with Crippen molar-refractivity contribution in [1.29, 1.82) is 0 Å². The van der Waals surface area contributed by atoms with Gasteiger partial charge < -0.3 is 14.6 Å². The van der Waals surface area contributed by atoms with Crippen LogP contribution >= 0.6 is 0 Å². The van der Waals surface area contributed by atoms with Crippen LogP contribution in [0.3, 0.4) is 0 Å². The van der Waals surface area contributed by atoms with E-state index in [2.05, 4.69) is 0 Å². The fraction of sp³-hybridized carbons (Fsp3) is 0.333. The van der Waals surface area contributed by atoms with Crippen LogP contribution in [0.2, 0.25) is 0 Å². The van der Waals surface area contributed by atoms with Gasteiger partial charge in [0.25, 0.3) is 5.91 Å². The first-order valence-electron chi connectivity index (χ1n) is 6.58. The van der Waals surface area contributed by atoms with Crippen molar-refractivity contribution in [2.24, 2.45) is 0 Å². The summed E-state index contributed by atoms with van der Waals surface area (Å²) in [4.78, 5) is 25.2. The van der Waals surface area contributed by atoms with Crippen molar-refractivity contribution in [3.63, 3.8) is 0 Å². The van der Waals surface area contributed by atoms with Crippen LogP contribution in [0.1, 0.15) is 21.6 Å². The second-order valence-electron chi connectivity index (χ2n) is 5.25. The summed E-state index contributed by atoms with van der Waals surface area (Å²) in [6, 6.07) is 5.78. The summed E-state index contributed by atoms with van der Waals surface area (Å²) in [5.41, 5.74) is 3.44. The first-order chi connectivity index (χ1) is 9.50. The van der Waals surface area contributed by atoms with E-state index in [0.29, 0.717) is 12.2 Å². The summed E-state index contributed by atoms with van der Waals surface area (Å²) in [6.45, 7) is 2.48. The monoisotopic (exact) mass is 272 g/mol. The molecule has 20 heavy (non-hydrogen) atoms. The average molecular weight is 272 g/mol. The number of carboxylic acids is 1. The topological polar surface area (TPSA) is 62.5 Å². The molecule has 0 saturated heterocycles. The molecule has 104 valence electrons. The highest BCUT2D eigenvalue weighted by Crippen LogP contribution is 2.32. The first kappa shape index (κ1) is 12.7. The molecule has 0 saturated carbocycles. The van der Waals surface area contributed by atoms with Gasteiger partial charge in [0.1, 0.15) is 12.2 Å². The number of amides is 1. The zero-order valence-electron chi connectivity index (χ0n) is 11.5. The molecule has 0 fully saturated rings. The minimum absolute atomic E-state index is 0.0944. The third-order valence-electron chi connectivity index (χ3n) is 3.94. The molecular formula is C15H16N2O3. The molecule has 0 bridgehead atoms. The van der Waals surface area contributed by atoms with E-state index < -0.39 is 5.97 Å². The van der Waals surface area contributed by atoms with Crippen molar-refractivity contribution in [1.82, 2.24) is 9.47 Å². The number of likely N-dealkylation sites (N-methyl/N-ethyl adjacent to an activating group) is 1. The molecule has 0 aliphatic carbocycles. The number of benzene rings is 1. The molecule has 5 nitrogen and oxygen atoms in total. The summed E-state index contributed by atoms with van der Waals surface area (Å²) >= 11 is 0. The van der Waals surface area contributed by atoms with E-state index in [1.165, 1.54) is 0 Å². The van der Waals surface area contributed by atoms with E-state index in [9.17, 15) is 9.59 Å². The summed E-state index contributed by atoms with van der Waals surface area (Å²) < 4.78 is 1.64. The minimum atomic E-state index is -0.938. The molecule has 1 amide bonds. The molecular weight excluding hydrogens is 256 g/mol. The fourth-order valence-corrected chi connectivity index (χ4v) is 3.02. The zero-order valence-corrected chi connectivity index (χ0v) is 11.5. The molecule has 1 aromatic carbocycles. The molecule has 3 rings (SSSR count). The number of hydrogen-bond donors (Lipinski definition) is 1. The van der Waals surface area contributed by atoms with E-state index in [4.69, 9.17) is 5.11 Å². The number of aryl methyl sites for hydroxylation is 1. The van der Waals surface area contributed by atoms with Crippen molar-refractivity contribution < 1.29 is 14.7 Å². The molecule has 1 N–H and O–H groups in total. The number of carboxylic acid groups (broad SMARTS) is 1. The minimum Gasteiger partial charge on any atom is -0.480 e. The van der Waals surface area contributed by atoms with Gasteiger partial charge in [0, 0.05) is 24.5 Å². The van der Waals surface area contributed by atoms with Crippen LogP contribution in [-0.2, 0) is 17.8 Å². The predicted octanol–water partition coefficient (Wildman–Crippen LogP) is 1.66. The Morgan fingerprint density at radius 2 is 2.15 bits per heavy atom. The number of rotatable bonds is 2. The molecule has 2 aromatic rings. The van der Waals surface area contributed by atoms with Gasteiger partial charge >= 0.3 is 5.97 Å². The average Bonchev–Trinajstić information content (AvgIpc) is 2.70. The molecule has 1 aliphatic heterocycles. The van der Waals surface area contributed by atoms with Gasteiger partial charge in [0.2, 0.25) is 0 Å². The Balaban J connectivity index is 2.38. The van der Waals surface area contributed by atoms with E-state index in [-0.39, 0.29) is 12.5 Å². The van der Waals surface area contributed by atoms with Crippen LogP contribution in [0.5, 0.6) is 0 Å². The zero-order chi connectivity index (χ0) is 14.4. The highest BCUT2D eigenvalue weighted by Gasteiger charge is 2.30. The Morgan fingerprint density at radius 1 is 1.40 bits per heavy atom. The standard InChI is InChI=1S/C15H16N2O3/c1-9-4-3-5-11-13(9)10-6-7-16(2)15(20)14(10)17(11)8-12(18)19/h3-5H,6-8H2,1-2H3,(H,18,19). The van der Waals surface area contributed by atoms with Gasteiger partial charge in [-0.2, -0.15) is 0 Å². The van der Waals surface area contributed by atoms with Gasteiger partial charge in [-0.25, -0.2) is 0 Å². The van der Waals surface area contributed by atoms with Gasteiger partial charge in [-0.05, 0) is 30.5 Å². The molecule has 1 aromatic heterocycles.